The first-order valence-electron chi connectivity index (χ1n) is 6.69. The number of halogens is 1. The molecular formula is C15H20FNO2. The number of benzene rings is 1. The van der Waals surface area contributed by atoms with Gasteiger partial charge in [-0.1, -0.05) is 30.3 Å². The van der Waals surface area contributed by atoms with Gasteiger partial charge in [-0.2, -0.15) is 0 Å². The molecule has 0 bridgehead atoms. The molecular weight excluding hydrogens is 245 g/mol. The summed E-state index contributed by atoms with van der Waals surface area (Å²) in [6, 6.07) is 10.0. The first-order valence-corrected chi connectivity index (χ1v) is 6.69. The second-order valence-electron chi connectivity index (χ2n) is 5.08. The molecule has 104 valence electrons. The van der Waals surface area contributed by atoms with E-state index >= 15 is 0 Å². The minimum Gasteiger partial charge on any atom is -0.465 e. The largest absolute Gasteiger partial charge is 0.465 e. The van der Waals surface area contributed by atoms with Crippen LogP contribution in [0.2, 0.25) is 0 Å². The van der Waals surface area contributed by atoms with E-state index < -0.39 is 18.1 Å². The maximum absolute atomic E-state index is 13.3. The third-order valence-corrected chi connectivity index (χ3v) is 3.65. The topological polar surface area (TPSA) is 29.5 Å². The van der Waals surface area contributed by atoms with Crippen molar-refractivity contribution in [2.75, 3.05) is 26.4 Å². The van der Waals surface area contributed by atoms with Gasteiger partial charge in [0, 0.05) is 13.1 Å². The third-order valence-electron chi connectivity index (χ3n) is 3.65. The summed E-state index contributed by atoms with van der Waals surface area (Å²) in [6.07, 6.45) is 0.537. The van der Waals surface area contributed by atoms with Gasteiger partial charge in [0.25, 0.3) is 0 Å². The molecule has 1 fully saturated rings. The number of carbonyl (C=O) groups excluding carboxylic acids is 1. The van der Waals surface area contributed by atoms with Crippen LogP contribution < -0.4 is 0 Å². The number of ether oxygens (including phenoxy) is 1. The number of alkyl halides is 1. The van der Waals surface area contributed by atoms with Gasteiger partial charge < -0.3 is 4.74 Å². The Bertz CT molecular complexity index is 423. The number of likely N-dealkylation sites (tertiary alicyclic amines) is 1. The summed E-state index contributed by atoms with van der Waals surface area (Å²) in [4.78, 5) is 14.0. The van der Waals surface area contributed by atoms with E-state index in [1.807, 2.05) is 30.3 Å². The average Bonchev–Trinajstić information content (AvgIpc) is 2.85. The lowest BCUT2D eigenvalue weighted by Crippen LogP contribution is -2.38. The fourth-order valence-corrected chi connectivity index (χ4v) is 2.55. The lowest BCUT2D eigenvalue weighted by Gasteiger charge is -2.24. The van der Waals surface area contributed by atoms with E-state index in [0.29, 0.717) is 19.6 Å². The Morgan fingerprint density at radius 1 is 1.42 bits per heavy atom. The van der Waals surface area contributed by atoms with Crippen molar-refractivity contribution < 1.29 is 13.9 Å². The summed E-state index contributed by atoms with van der Waals surface area (Å²) in [7, 11) is 0. The zero-order chi connectivity index (χ0) is 13.7. The predicted octanol–water partition coefficient (Wildman–Crippen LogP) is 2.41. The Hall–Kier alpha value is -1.42. The zero-order valence-corrected chi connectivity index (χ0v) is 11.3. The maximum Gasteiger partial charge on any atom is 0.316 e. The van der Waals surface area contributed by atoms with Gasteiger partial charge in [0.1, 0.15) is 12.1 Å². The number of esters is 1. The number of hydrogen-bond donors (Lipinski definition) is 0. The van der Waals surface area contributed by atoms with Gasteiger partial charge >= 0.3 is 5.97 Å². The maximum atomic E-state index is 13.3. The molecule has 1 heterocycles. The molecule has 3 nitrogen and oxygen atoms in total. The Kier molecular flexibility index (Phi) is 4.53. The zero-order valence-electron chi connectivity index (χ0n) is 11.3. The first-order chi connectivity index (χ1) is 9.20. The van der Waals surface area contributed by atoms with E-state index in [1.54, 1.807) is 6.92 Å². The summed E-state index contributed by atoms with van der Waals surface area (Å²) < 4.78 is 18.3. The molecule has 1 aromatic rings. The molecule has 0 aliphatic carbocycles. The predicted molar refractivity (Wildman–Crippen MR) is 71.4 cm³/mol. The van der Waals surface area contributed by atoms with Crippen LogP contribution in [0.25, 0.3) is 0 Å². The highest BCUT2D eigenvalue weighted by Gasteiger charge is 2.46. The highest BCUT2D eigenvalue weighted by atomic mass is 19.1. The molecule has 2 rings (SSSR count). The quantitative estimate of drug-likeness (QED) is 0.766. The van der Waals surface area contributed by atoms with Crippen molar-refractivity contribution in [3.05, 3.63) is 35.9 Å². The first kappa shape index (κ1) is 14.0. The summed E-state index contributed by atoms with van der Waals surface area (Å²) in [6.45, 7) is 3.34. The van der Waals surface area contributed by atoms with Gasteiger partial charge in [0.05, 0.1) is 6.61 Å². The van der Waals surface area contributed by atoms with Gasteiger partial charge in [-0.25, -0.2) is 4.39 Å². The molecule has 0 aromatic heterocycles. The van der Waals surface area contributed by atoms with Crippen LogP contribution in [0.3, 0.4) is 0 Å². The van der Waals surface area contributed by atoms with E-state index in [4.69, 9.17) is 4.74 Å². The van der Waals surface area contributed by atoms with Crippen LogP contribution >= 0.6 is 0 Å². The van der Waals surface area contributed by atoms with Crippen LogP contribution in [0.5, 0.6) is 0 Å². The van der Waals surface area contributed by atoms with Crippen LogP contribution in [0, 0.1) is 5.41 Å². The summed E-state index contributed by atoms with van der Waals surface area (Å²) in [5.41, 5.74) is 0.228. The summed E-state index contributed by atoms with van der Waals surface area (Å²) >= 11 is 0. The Morgan fingerprint density at radius 3 is 2.79 bits per heavy atom. The van der Waals surface area contributed by atoms with Crippen molar-refractivity contribution >= 4 is 5.97 Å². The molecule has 0 N–H and O–H groups in total. The number of hydrogen-bond acceptors (Lipinski definition) is 3. The number of rotatable bonds is 5. The third kappa shape index (κ3) is 3.13. The highest BCUT2D eigenvalue weighted by molar-refractivity contribution is 5.77. The minimum atomic E-state index is -0.954. The molecule has 0 spiro atoms. The molecule has 1 aliphatic heterocycles. The fraction of sp³-hybridized carbons (Fsp3) is 0.533. The van der Waals surface area contributed by atoms with Crippen molar-refractivity contribution in [1.29, 1.82) is 0 Å². The Morgan fingerprint density at radius 2 is 2.16 bits per heavy atom. The van der Waals surface area contributed by atoms with E-state index in [9.17, 15) is 9.18 Å². The average molecular weight is 265 g/mol. The summed E-state index contributed by atoms with van der Waals surface area (Å²) in [5.74, 6) is -0.395. The Balaban J connectivity index is 1.99. The SMILES string of the molecule is CCOC(=O)C1(CF)CCN(Cc2ccccc2)C1. The van der Waals surface area contributed by atoms with E-state index in [0.717, 1.165) is 13.1 Å². The lowest BCUT2D eigenvalue weighted by molar-refractivity contribution is -0.155. The van der Waals surface area contributed by atoms with Crippen LogP contribution in [-0.4, -0.2) is 37.2 Å². The second kappa shape index (κ2) is 6.15. The Labute approximate surface area is 113 Å². The van der Waals surface area contributed by atoms with Gasteiger partial charge in [0.2, 0.25) is 0 Å². The molecule has 1 unspecified atom stereocenters. The fourth-order valence-electron chi connectivity index (χ4n) is 2.55. The molecule has 1 saturated heterocycles. The van der Waals surface area contributed by atoms with E-state index in [1.165, 1.54) is 5.56 Å². The minimum absolute atomic E-state index is 0.305. The monoisotopic (exact) mass is 265 g/mol. The van der Waals surface area contributed by atoms with Crippen LogP contribution in [-0.2, 0) is 16.1 Å². The highest BCUT2D eigenvalue weighted by Crippen LogP contribution is 2.33. The van der Waals surface area contributed by atoms with Gasteiger partial charge in [-0.3, -0.25) is 9.69 Å². The molecule has 1 aliphatic rings. The standard InChI is InChI=1S/C15H20FNO2/c1-2-19-14(18)15(11-16)8-9-17(12-15)10-13-6-4-3-5-7-13/h3-7H,2,8-12H2,1H3. The van der Waals surface area contributed by atoms with Gasteiger partial charge in [0.15, 0.2) is 0 Å². The normalized spacial score (nSPS) is 23.5. The molecule has 0 amide bonds. The second-order valence-corrected chi connectivity index (χ2v) is 5.08. The van der Waals surface area contributed by atoms with Crippen molar-refractivity contribution in [2.45, 2.75) is 19.9 Å². The van der Waals surface area contributed by atoms with Gasteiger partial charge in [-0.05, 0) is 25.5 Å². The molecule has 1 aromatic carbocycles. The lowest BCUT2D eigenvalue weighted by atomic mass is 9.89. The van der Waals surface area contributed by atoms with Crippen LogP contribution in [0.4, 0.5) is 4.39 Å². The number of nitrogens with zero attached hydrogens (tertiary/aromatic N) is 1. The molecule has 0 saturated carbocycles. The van der Waals surface area contributed by atoms with Crippen LogP contribution in [0.1, 0.15) is 18.9 Å². The van der Waals surface area contributed by atoms with Crippen molar-refractivity contribution in [3.63, 3.8) is 0 Å². The molecule has 0 radical (unpaired) electrons. The summed E-state index contributed by atoms with van der Waals surface area (Å²) in [5, 5.41) is 0. The van der Waals surface area contributed by atoms with E-state index in [-0.39, 0.29) is 0 Å². The van der Waals surface area contributed by atoms with Crippen molar-refractivity contribution in [3.8, 4) is 0 Å². The molecule has 4 heteroatoms. The smallest absolute Gasteiger partial charge is 0.316 e. The van der Waals surface area contributed by atoms with Gasteiger partial charge in [-0.15, -0.1) is 0 Å². The van der Waals surface area contributed by atoms with Crippen molar-refractivity contribution in [2.24, 2.45) is 5.41 Å². The molecule has 1 atom stereocenters. The van der Waals surface area contributed by atoms with Crippen LogP contribution in [0.15, 0.2) is 30.3 Å². The molecule has 19 heavy (non-hydrogen) atoms. The van der Waals surface area contributed by atoms with E-state index in [2.05, 4.69) is 4.90 Å². The van der Waals surface area contributed by atoms with Crippen molar-refractivity contribution in [1.82, 2.24) is 4.90 Å². The number of carbonyl (C=O) groups is 1.